The number of hydrogen-bond donors (Lipinski definition) is 0. The molecule has 0 unspecified atom stereocenters. The average molecular weight is 166 g/mol. The second kappa shape index (κ2) is 4.33. The van der Waals surface area contributed by atoms with Crippen LogP contribution in [0.2, 0.25) is 0 Å². The Bertz CT molecular complexity index is 254. The second-order valence-corrected chi connectivity index (χ2v) is 2.22. The van der Waals surface area contributed by atoms with Gasteiger partial charge in [-0.3, -0.25) is 0 Å². The predicted molar refractivity (Wildman–Crippen MR) is 42.5 cm³/mol. The fourth-order valence-corrected chi connectivity index (χ4v) is 0.559. The smallest absolute Gasteiger partial charge is 0.180 e. The molecule has 0 spiro atoms. The van der Waals surface area contributed by atoms with E-state index in [1.807, 2.05) is 13.8 Å². The van der Waals surface area contributed by atoms with Crippen molar-refractivity contribution in [2.75, 3.05) is 0 Å². The van der Waals surface area contributed by atoms with E-state index in [1.165, 1.54) is 12.8 Å². The molecule has 0 fully saturated rings. The van der Waals surface area contributed by atoms with Gasteiger partial charge < -0.3 is 8.83 Å². The van der Waals surface area contributed by atoms with Crippen molar-refractivity contribution in [3.05, 3.63) is 36.7 Å². The van der Waals surface area contributed by atoms with Crippen LogP contribution in [0.4, 0.5) is 0 Å². The lowest BCUT2D eigenvalue weighted by atomic mass is 10.6. The number of rotatable bonds is 0. The zero-order valence-corrected chi connectivity index (χ0v) is 7.02. The van der Waals surface area contributed by atoms with Gasteiger partial charge in [-0.15, -0.1) is 0 Å². The molecule has 0 aliphatic carbocycles. The maximum absolute atomic E-state index is 4.72. The molecule has 2 aromatic rings. The molecule has 4 nitrogen and oxygen atoms in total. The zero-order chi connectivity index (χ0) is 8.81. The highest BCUT2D eigenvalue weighted by Gasteiger charge is 1.77. The van der Waals surface area contributed by atoms with Gasteiger partial charge >= 0.3 is 0 Å². The van der Waals surface area contributed by atoms with Crippen molar-refractivity contribution >= 4 is 0 Å². The highest BCUT2D eigenvalue weighted by molar-refractivity contribution is 4.81. The summed E-state index contributed by atoms with van der Waals surface area (Å²) in [5.74, 6) is 1.71. The molecule has 0 aliphatic heterocycles. The topological polar surface area (TPSA) is 52.1 Å². The van der Waals surface area contributed by atoms with Crippen LogP contribution in [-0.2, 0) is 0 Å². The molecule has 2 rings (SSSR count). The van der Waals surface area contributed by atoms with E-state index in [2.05, 4.69) is 9.97 Å². The van der Waals surface area contributed by atoms with Crippen LogP contribution < -0.4 is 0 Å². The van der Waals surface area contributed by atoms with Gasteiger partial charge in [-0.25, -0.2) is 9.97 Å². The third kappa shape index (κ3) is 3.01. The van der Waals surface area contributed by atoms with Crippen LogP contribution in [0.3, 0.4) is 0 Å². The summed E-state index contributed by atoms with van der Waals surface area (Å²) in [7, 11) is 0. The molecule has 0 saturated carbocycles. The summed E-state index contributed by atoms with van der Waals surface area (Å²) in [6.45, 7) is 3.71. The van der Waals surface area contributed by atoms with Gasteiger partial charge in [0.15, 0.2) is 12.8 Å². The van der Waals surface area contributed by atoms with Crippen molar-refractivity contribution in [3.63, 3.8) is 0 Å². The van der Waals surface area contributed by atoms with E-state index in [0.29, 0.717) is 0 Å². The Balaban J connectivity index is 0.000000120. The molecule has 0 bridgehead atoms. The van der Waals surface area contributed by atoms with Gasteiger partial charge in [-0.2, -0.15) is 0 Å². The summed E-state index contributed by atoms with van der Waals surface area (Å²) in [5.41, 5.74) is 0. The Kier molecular flexibility index (Phi) is 3.07. The van der Waals surface area contributed by atoms with Crippen LogP contribution in [0.25, 0.3) is 0 Å². The minimum atomic E-state index is 0.856. The van der Waals surface area contributed by atoms with E-state index < -0.39 is 0 Å². The van der Waals surface area contributed by atoms with E-state index in [4.69, 9.17) is 8.83 Å². The lowest BCUT2D eigenvalue weighted by molar-refractivity contribution is 0.526. The average Bonchev–Trinajstić information content (AvgIpc) is 2.63. The second-order valence-electron chi connectivity index (χ2n) is 2.22. The molecule has 64 valence electrons. The Hall–Kier alpha value is -1.58. The van der Waals surface area contributed by atoms with E-state index in [9.17, 15) is 0 Å². The maximum Gasteiger partial charge on any atom is 0.180 e. The summed E-state index contributed by atoms with van der Waals surface area (Å²) >= 11 is 0. The van der Waals surface area contributed by atoms with Gasteiger partial charge in [0.05, 0.1) is 12.4 Å². The van der Waals surface area contributed by atoms with Crippen molar-refractivity contribution in [2.45, 2.75) is 13.8 Å². The normalized spacial score (nSPS) is 8.83. The first-order chi connectivity index (χ1) is 5.79. The van der Waals surface area contributed by atoms with Gasteiger partial charge in [-0.1, -0.05) is 0 Å². The minimum Gasteiger partial charge on any atom is -0.449 e. The highest BCUT2D eigenvalue weighted by Crippen LogP contribution is 1.89. The third-order valence-corrected chi connectivity index (χ3v) is 1.11. The van der Waals surface area contributed by atoms with Crippen LogP contribution in [-0.4, -0.2) is 9.97 Å². The molecule has 12 heavy (non-hydrogen) atoms. The van der Waals surface area contributed by atoms with Crippen LogP contribution in [0, 0.1) is 13.8 Å². The molecular weight excluding hydrogens is 156 g/mol. The van der Waals surface area contributed by atoms with E-state index >= 15 is 0 Å². The molecule has 0 aliphatic rings. The van der Waals surface area contributed by atoms with Crippen molar-refractivity contribution in [1.29, 1.82) is 0 Å². The molecule has 0 saturated heterocycles. The van der Waals surface area contributed by atoms with Gasteiger partial charge in [0, 0.05) is 0 Å². The molecule has 0 aromatic carbocycles. The van der Waals surface area contributed by atoms with Crippen LogP contribution in [0.1, 0.15) is 11.5 Å². The fourth-order valence-electron chi connectivity index (χ4n) is 0.559. The van der Waals surface area contributed by atoms with Crippen molar-refractivity contribution in [1.82, 2.24) is 9.97 Å². The molecule has 0 amide bonds. The summed E-state index contributed by atoms with van der Waals surface area (Å²) in [6, 6.07) is 0. The van der Waals surface area contributed by atoms with Gasteiger partial charge in [0.1, 0.15) is 11.5 Å². The first-order valence-electron chi connectivity index (χ1n) is 3.49. The van der Waals surface area contributed by atoms with E-state index in [-0.39, 0.29) is 0 Å². The van der Waals surface area contributed by atoms with Crippen molar-refractivity contribution in [3.8, 4) is 0 Å². The monoisotopic (exact) mass is 166 g/mol. The zero-order valence-electron chi connectivity index (χ0n) is 7.02. The Labute approximate surface area is 70.3 Å². The molecule has 0 atom stereocenters. The summed E-state index contributed by atoms with van der Waals surface area (Å²) < 4.78 is 9.44. The van der Waals surface area contributed by atoms with Crippen molar-refractivity contribution in [2.24, 2.45) is 0 Å². The summed E-state index contributed by atoms with van der Waals surface area (Å²) in [4.78, 5) is 7.31. The van der Waals surface area contributed by atoms with Gasteiger partial charge in [0.25, 0.3) is 0 Å². The van der Waals surface area contributed by atoms with Crippen LogP contribution in [0.5, 0.6) is 0 Å². The fraction of sp³-hybridized carbons (Fsp3) is 0.250. The maximum atomic E-state index is 4.72. The van der Waals surface area contributed by atoms with Gasteiger partial charge in [-0.05, 0) is 13.8 Å². The number of aromatic nitrogens is 2. The van der Waals surface area contributed by atoms with Gasteiger partial charge in [0.2, 0.25) is 0 Å². The number of oxazole rings is 2. The predicted octanol–water partition coefficient (Wildman–Crippen LogP) is 1.97. The third-order valence-electron chi connectivity index (χ3n) is 1.11. The SMILES string of the molecule is Cc1cnco1.Cc1cnco1. The van der Waals surface area contributed by atoms with Crippen LogP contribution in [0.15, 0.2) is 34.0 Å². The summed E-state index contributed by atoms with van der Waals surface area (Å²) in [5, 5.41) is 0. The standard InChI is InChI=1S/2C4H5NO/c2*1-4-2-5-3-6-4/h2*2-3H,1H3. The Morgan fingerprint density at radius 2 is 1.33 bits per heavy atom. The first kappa shape index (κ1) is 8.52. The Morgan fingerprint density at radius 1 is 0.917 bits per heavy atom. The van der Waals surface area contributed by atoms with Crippen LogP contribution >= 0.6 is 0 Å². The summed E-state index contributed by atoms with van der Waals surface area (Å²) in [6.07, 6.45) is 6.16. The number of aryl methyl sites for hydroxylation is 2. The molecule has 0 N–H and O–H groups in total. The van der Waals surface area contributed by atoms with Crippen molar-refractivity contribution < 1.29 is 8.83 Å². The largest absolute Gasteiger partial charge is 0.449 e. The van der Waals surface area contributed by atoms with E-state index in [0.717, 1.165) is 11.5 Å². The number of hydrogen-bond acceptors (Lipinski definition) is 4. The molecule has 4 heteroatoms. The first-order valence-corrected chi connectivity index (χ1v) is 3.49. The van der Waals surface area contributed by atoms with E-state index in [1.54, 1.807) is 12.4 Å². The molecule has 2 aromatic heterocycles. The molecule has 2 heterocycles. The highest BCUT2D eigenvalue weighted by atomic mass is 16.3. The number of nitrogens with zero attached hydrogens (tertiary/aromatic N) is 2. The quantitative estimate of drug-likeness (QED) is 0.600. The lowest BCUT2D eigenvalue weighted by Gasteiger charge is -1.66. The molecular formula is C8H10N2O2. The molecule has 0 radical (unpaired) electrons. The minimum absolute atomic E-state index is 0.856. The lowest BCUT2D eigenvalue weighted by Crippen LogP contribution is -1.50. The Morgan fingerprint density at radius 3 is 1.42 bits per heavy atom.